The van der Waals surface area contributed by atoms with Crippen molar-refractivity contribution in [3.8, 4) is 5.75 Å². The second kappa shape index (κ2) is 5.31. The van der Waals surface area contributed by atoms with Crippen LogP contribution in [0.4, 0.5) is 0 Å². The second-order valence-corrected chi connectivity index (χ2v) is 3.47. The Hall–Kier alpha value is -2.08. The Bertz CT molecular complexity index is 443. The van der Waals surface area contributed by atoms with Gasteiger partial charge in [-0.05, 0) is 17.7 Å². The van der Waals surface area contributed by atoms with Crippen LogP contribution in [0.2, 0.25) is 0 Å². The number of carboxylic acid groups (broad SMARTS) is 1. The number of rotatable bonds is 4. The molecule has 0 aliphatic heterocycles. The lowest BCUT2D eigenvalue weighted by Gasteiger charge is -2.11. The van der Waals surface area contributed by atoms with Gasteiger partial charge in [0.15, 0.2) is 0 Å². The third-order valence-corrected chi connectivity index (χ3v) is 2.29. The van der Waals surface area contributed by atoms with E-state index in [4.69, 9.17) is 10.8 Å². The summed E-state index contributed by atoms with van der Waals surface area (Å²) in [5.74, 6) is -2.08. The average Bonchev–Trinajstić information content (AvgIpc) is 2.28. The Morgan fingerprint density at radius 3 is 2.65 bits per heavy atom. The maximum Gasteiger partial charge on any atom is 0.339 e. The number of hydrogen-bond donors (Lipinski definition) is 3. The molecular weight excluding hydrogens is 226 g/mol. The molecule has 0 aliphatic rings. The van der Waals surface area contributed by atoms with Crippen molar-refractivity contribution >= 4 is 11.9 Å². The van der Waals surface area contributed by atoms with Crippen molar-refractivity contribution in [2.24, 2.45) is 5.73 Å². The van der Waals surface area contributed by atoms with Crippen LogP contribution in [0.15, 0.2) is 18.2 Å². The van der Waals surface area contributed by atoms with Crippen LogP contribution in [0.25, 0.3) is 0 Å². The van der Waals surface area contributed by atoms with Crippen molar-refractivity contribution in [3.63, 3.8) is 0 Å². The first-order valence-electron chi connectivity index (χ1n) is 4.84. The summed E-state index contributed by atoms with van der Waals surface area (Å²) in [7, 11) is 1.24. The summed E-state index contributed by atoms with van der Waals surface area (Å²) in [5.41, 5.74) is 5.92. The van der Waals surface area contributed by atoms with Gasteiger partial charge in [-0.2, -0.15) is 0 Å². The molecule has 0 saturated carbocycles. The molecule has 0 spiro atoms. The highest BCUT2D eigenvalue weighted by Gasteiger charge is 2.16. The first-order valence-corrected chi connectivity index (χ1v) is 4.84. The summed E-state index contributed by atoms with van der Waals surface area (Å²) in [6.45, 7) is 0. The van der Waals surface area contributed by atoms with Gasteiger partial charge in [0.05, 0.1) is 13.5 Å². The van der Waals surface area contributed by atoms with Crippen LogP contribution in [-0.4, -0.2) is 29.3 Å². The van der Waals surface area contributed by atoms with E-state index in [0.29, 0.717) is 5.56 Å². The molecule has 0 radical (unpaired) electrons. The molecule has 0 amide bonds. The number of nitrogens with two attached hydrogens (primary N) is 1. The zero-order valence-corrected chi connectivity index (χ0v) is 9.21. The quantitative estimate of drug-likeness (QED) is 0.665. The molecule has 6 nitrogen and oxygen atoms in total. The number of hydrogen-bond acceptors (Lipinski definition) is 5. The number of aromatic carboxylic acids is 1. The summed E-state index contributed by atoms with van der Waals surface area (Å²) in [6, 6.07) is 3.28. The lowest BCUT2D eigenvalue weighted by Crippen LogP contribution is -2.16. The number of methoxy groups -OCH3 is 1. The van der Waals surface area contributed by atoms with Crippen molar-refractivity contribution in [2.75, 3.05) is 7.11 Å². The van der Waals surface area contributed by atoms with Gasteiger partial charge in [-0.25, -0.2) is 4.79 Å². The molecule has 1 atom stereocenters. The predicted octanol–water partition coefficient (Wildman–Crippen LogP) is 0.653. The molecule has 0 unspecified atom stereocenters. The molecule has 0 aromatic heterocycles. The fraction of sp³-hybridized carbons (Fsp3) is 0.273. The molecule has 1 aromatic rings. The zero-order valence-electron chi connectivity index (χ0n) is 9.21. The highest BCUT2D eigenvalue weighted by molar-refractivity contribution is 5.91. The lowest BCUT2D eigenvalue weighted by atomic mass is 10.0. The topological polar surface area (TPSA) is 110 Å². The zero-order chi connectivity index (χ0) is 13.0. The Labute approximate surface area is 97.6 Å². The summed E-state index contributed by atoms with van der Waals surface area (Å²) in [4.78, 5) is 21.8. The Kier molecular flexibility index (Phi) is 4.06. The number of aromatic hydroxyl groups is 1. The minimum Gasteiger partial charge on any atom is -0.507 e. The molecule has 4 N–H and O–H groups in total. The predicted molar refractivity (Wildman–Crippen MR) is 58.6 cm³/mol. The van der Waals surface area contributed by atoms with E-state index in [9.17, 15) is 14.7 Å². The first-order chi connectivity index (χ1) is 7.95. The number of esters is 1. The molecule has 0 fully saturated rings. The highest BCUT2D eigenvalue weighted by Crippen LogP contribution is 2.23. The van der Waals surface area contributed by atoms with Gasteiger partial charge in [0.2, 0.25) is 0 Å². The van der Waals surface area contributed by atoms with Crippen molar-refractivity contribution < 1.29 is 24.5 Å². The third-order valence-electron chi connectivity index (χ3n) is 2.29. The van der Waals surface area contributed by atoms with E-state index in [1.807, 2.05) is 0 Å². The van der Waals surface area contributed by atoms with E-state index < -0.39 is 18.0 Å². The Morgan fingerprint density at radius 2 is 2.12 bits per heavy atom. The third kappa shape index (κ3) is 3.18. The van der Waals surface area contributed by atoms with E-state index in [1.54, 1.807) is 0 Å². The summed E-state index contributed by atoms with van der Waals surface area (Å²) in [6.07, 6.45) is -0.0552. The van der Waals surface area contributed by atoms with Crippen LogP contribution in [0.5, 0.6) is 5.75 Å². The lowest BCUT2D eigenvalue weighted by molar-refractivity contribution is -0.141. The van der Waals surface area contributed by atoms with Crippen LogP contribution in [0.1, 0.15) is 28.4 Å². The van der Waals surface area contributed by atoms with E-state index in [1.165, 1.54) is 25.3 Å². The molecule has 1 aromatic carbocycles. The summed E-state index contributed by atoms with van der Waals surface area (Å²) in [5, 5.41) is 18.1. The minimum atomic E-state index is -1.25. The number of benzene rings is 1. The van der Waals surface area contributed by atoms with Crippen LogP contribution in [0.3, 0.4) is 0 Å². The molecule has 6 heteroatoms. The summed E-state index contributed by atoms with van der Waals surface area (Å²) < 4.78 is 4.46. The van der Waals surface area contributed by atoms with Gasteiger partial charge in [-0.1, -0.05) is 6.07 Å². The number of ether oxygens (including phenoxy) is 1. The molecule has 0 bridgehead atoms. The molecule has 92 valence electrons. The van der Waals surface area contributed by atoms with Crippen LogP contribution in [-0.2, 0) is 9.53 Å². The molecular formula is C11H13NO5. The van der Waals surface area contributed by atoms with E-state index in [0.717, 1.165) is 0 Å². The van der Waals surface area contributed by atoms with Crippen LogP contribution < -0.4 is 5.73 Å². The van der Waals surface area contributed by atoms with Crippen molar-refractivity contribution in [1.29, 1.82) is 0 Å². The van der Waals surface area contributed by atoms with Gasteiger partial charge in [-0.3, -0.25) is 4.79 Å². The Morgan fingerprint density at radius 1 is 1.47 bits per heavy atom. The van der Waals surface area contributed by atoms with Gasteiger partial charge in [0.25, 0.3) is 0 Å². The maximum absolute atomic E-state index is 11.0. The summed E-state index contributed by atoms with van der Waals surface area (Å²) >= 11 is 0. The maximum atomic E-state index is 11.0. The van der Waals surface area contributed by atoms with Crippen molar-refractivity contribution in [2.45, 2.75) is 12.5 Å². The van der Waals surface area contributed by atoms with Gasteiger partial charge in [0.1, 0.15) is 11.3 Å². The van der Waals surface area contributed by atoms with Gasteiger partial charge < -0.3 is 20.7 Å². The number of carbonyl (C=O) groups excluding carboxylic acids is 1. The average molecular weight is 239 g/mol. The molecule has 0 saturated heterocycles. The first kappa shape index (κ1) is 13.0. The standard InChI is InChI=1S/C11H13NO5/c1-17-10(14)5-8(12)6-2-3-9(13)7(4-6)11(15)16/h2-4,8,13H,5,12H2,1H3,(H,15,16)/t8-/m1/s1. The smallest absolute Gasteiger partial charge is 0.339 e. The van der Waals surface area contributed by atoms with E-state index in [2.05, 4.69) is 4.74 Å². The van der Waals surface area contributed by atoms with E-state index >= 15 is 0 Å². The number of carboxylic acids is 1. The fourth-order valence-electron chi connectivity index (χ4n) is 1.34. The largest absolute Gasteiger partial charge is 0.507 e. The highest BCUT2D eigenvalue weighted by atomic mass is 16.5. The van der Waals surface area contributed by atoms with Gasteiger partial charge >= 0.3 is 11.9 Å². The molecule has 0 heterocycles. The minimum absolute atomic E-state index is 0.0552. The Balaban J connectivity index is 2.95. The SMILES string of the molecule is COC(=O)C[C@@H](N)c1ccc(O)c(C(=O)O)c1. The molecule has 0 aliphatic carbocycles. The van der Waals surface area contributed by atoms with E-state index in [-0.39, 0.29) is 17.7 Å². The van der Waals surface area contributed by atoms with Gasteiger partial charge in [-0.15, -0.1) is 0 Å². The van der Waals surface area contributed by atoms with Crippen molar-refractivity contribution in [3.05, 3.63) is 29.3 Å². The van der Waals surface area contributed by atoms with Gasteiger partial charge in [0, 0.05) is 6.04 Å². The van der Waals surface area contributed by atoms with Crippen molar-refractivity contribution in [1.82, 2.24) is 0 Å². The molecule has 1 rings (SSSR count). The second-order valence-electron chi connectivity index (χ2n) is 3.47. The van der Waals surface area contributed by atoms with Crippen LogP contribution in [0, 0.1) is 0 Å². The number of phenols is 1. The normalized spacial score (nSPS) is 11.9. The molecule has 17 heavy (non-hydrogen) atoms. The van der Waals surface area contributed by atoms with Crippen LogP contribution >= 0.6 is 0 Å². The monoisotopic (exact) mass is 239 g/mol. The number of carbonyl (C=O) groups is 2. The fourth-order valence-corrected chi connectivity index (χ4v) is 1.34.